The predicted molar refractivity (Wildman–Crippen MR) is 120 cm³/mol. The first-order chi connectivity index (χ1) is 13.2. The number of ether oxygens (including phenoxy) is 2. The molecule has 0 atom stereocenters. The summed E-state index contributed by atoms with van der Waals surface area (Å²) in [5.41, 5.74) is 0.996. The summed E-state index contributed by atoms with van der Waals surface area (Å²) in [4.78, 5) is 4.68. The first-order valence-electron chi connectivity index (χ1n) is 9.39. The number of rotatable bonds is 7. The third kappa shape index (κ3) is 5.49. The zero-order valence-corrected chi connectivity index (χ0v) is 19.0. The number of nitrogens with one attached hydrogen (secondary N) is 2. The summed E-state index contributed by atoms with van der Waals surface area (Å²) < 4.78 is 12.9. The molecule has 28 heavy (non-hydrogen) atoms. The fraction of sp³-hybridized carbons (Fsp3) is 0.526. The van der Waals surface area contributed by atoms with Crippen molar-refractivity contribution in [1.29, 1.82) is 0 Å². The van der Waals surface area contributed by atoms with Crippen LogP contribution in [-0.4, -0.2) is 41.5 Å². The summed E-state index contributed by atoms with van der Waals surface area (Å²) in [6, 6.07) is 5.75. The molecule has 2 aromatic rings. The van der Waals surface area contributed by atoms with Gasteiger partial charge in [-0.05, 0) is 31.9 Å². The van der Waals surface area contributed by atoms with Crippen LogP contribution in [-0.2, 0) is 26.1 Å². The Balaban J connectivity index is 0.00000280. The summed E-state index contributed by atoms with van der Waals surface area (Å²) in [5, 5.41) is 15.3. The van der Waals surface area contributed by atoms with Crippen LogP contribution in [0.1, 0.15) is 37.0 Å². The van der Waals surface area contributed by atoms with Crippen molar-refractivity contribution < 1.29 is 9.47 Å². The van der Waals surface area contributed by atoms with Gasteiger partial charge < -0.3 is 24.7 Å². The van der Waals surface area contributed by atoms with Crippen molar-refractivity contribution in [2.75, 3.05) is 20.8 Å². The van der Waals surface area contributed by atoms with Gasteiger partial charge in [-0.2, -0.15) is 0 Å². The molecule has 154 valence electrons. The fourth-order valence-corrected chi connectivity index (χ4v) is 3.15. The van der Waals surface area contributed by atoms with Crippen LogP contribution in [0, 0.1) is 0 Å². The normalized spacial score (nSPS) is 13.3. The Kier molecular flexibility index (Phi) is 8.81. The largest absolute Gasteiger partial charge is 0.497 e. The number of aromatic nitrogens is 3. The second-order valence-corrected chi connectivity index (χ2v) is 6.37. The molecular weight excluding hydrogens is 471 g/mol. The molecule has 0 unspecified atom stereocenters. The molecule has 1 aliphatic rings. The molecule has 0 bridgehead atoms. The number of halogens is 1. The monoisotopic (exact) mass is 500 g/mol. The molecule has 1 aromatic carbocycles. The number of methoxy groups -OCH3 is 2. The van der Waals surface area contributed by atoms with Crippen LogP contribution in [0.2, 0.25) is 0 Å². The van der Waals surface area contributed by atoms with Crippen LogP contribution in [0.5, 0.6) is 11.5 Å². The highest BCUT2D eigenvalue weighted by molar-refractivity contribution is 14.0. The molecule has 1 aliphatic heterocycles. The molecule has 3 rings (SSSR count). The molecule has 2 heterocycles. The number of aryl methyl sites for hydroxylation is 1. The minimum Gasteiger partial charge on any atom is -0.497 e. The van der Waals surface area contributed by atoms with Crippen molar-refractivity contribution in [3.8, 4) is 11.5 Å². The number of hydrogen-bond donors (Lipinski definition) is 2. The first kappa shape index (κ1) is 22.3. The highest BCUT2D eigenvalue weighted by Gasteiger charge is 2.15. The second kappa shape index (κ2) is 11.1. The Labute approximate surface area is 183 Å². The molecule has 0 aliphatic carbocycles. The van der Waals surface area contributed by atoms with Gasteiger partial charge in [-0.25, -0.2) is 4.99 Å². The maximum Gasteiger partial charge on any atom is 0.191 e. The van der Waals surface area contributed by atoms with Crippen LogP contribution in [0.4, 0.5) is 0 Å². The van der Waals surface area contributed by atoms with Crippen molar-refractivity contribution in [2.45, 2.75) is 45.8 Å². The third-order valence-electron chi connectivity index (χ3n) is 4.60. The van der Waals surface area contributed by atoms with Crippen LogP contribution >= 0.6 is 24.0 Å². The van der Waals surface area contributed by atoms with Crippen molar-refractivity contribution >= 4 is 29.9 Å². The molecule has 1 aromatic heterocycles. The number of guanidine groups is 1. The van der Waals surface area contributed by atoms with Crippen LogP contribution in [0.15, 0.2) is 23.2 Å². The summed E-state index contributed by atoms with van der Waals surface area (Å²) in [7, 11) is 3.29. The lowest BCUT2D eigenvalue weighted by molar-refractivity contribution is 0.391. The highest BCUT2D eigenvalue weighted by Crippen LogP contribution is 2.25. The van der Waals surface area contributed by atoms with Gasteiger partial charge in [0.15, 0.2) is 11.8 Å². The van der Waals surface area contributed by atoms with E-state index in [-0.39, 0.29) is 24.0 Å². The molecule has 0 fully saturated rings. The third-order valence-corrected chi connectivity index (χ3v) is 4.60. The van der Waals surface area contributed by atoms with Crippen molar-refractivity contribution in [3.05, 3.63) is 35.4 Å². The van der Waals surface area contributed by atoms with E-state index in [1.807, 2.05) is 25.1 Å². The average molecular weight is 500 g/mol. The van der Waals surface area contributed by atoms with E-state index < -0.39 is 0 Å². The van der Waals surface area contributed by atoms with Crippen molar-refractivity contribution in [1.82, 2.24) is 25.4 Å². The molecule has 9 heteroatoms. The van der Waals surface area contributed by atoms with E-state index in [0.29, 0.717) is 13.1 Å². The lowest BCUT2D eigenvalue weighted by atomic mass is 10.2. The minimum absolute atomic E-state index is 0. The van der Waals surface area contributed by atoms with Gasteiger partial charge in [0.25, 0.3) is 0 Å². The first-order valence-corrected chi connectivity index (χ1v) is 9.39. The van der Waals surface area contributed by atoms with Gasteiger partial charge in [-0.15, -0.1) is 34.2 Å². The highest BCUT2D eigenvalue weighted by atomic mass is 127. The number of nitrogens with zero attached hydrogens (tertiary/aromatic N) is 4. The summed E-state index contributed by atoms with van der Waals surface area (Å²) >= 11 is 0. The van der Waals surface area contributed by atoms with E-state index >= 15 is 0 Å². The Morgan fingerprint density at radius 1 is 1.18 bits per heavy atom. The van der Waals surface area contributed by atoms with E-state index in [9.17, 15) is 0 Å². The molecular formula is C19H29IN6O2. The van der Waals surface area contributed by atoms with Crippen LogP contribution in [0.25, 0.3) is 0 Å². The predicted octanol–water partition coefficient (Wildman–Crippen LogP) is 2.50. The van der Waals surface area contributed by atoms with E-state index in [1.54, 1.807) is 14.2 Å². The Morgan fingerprint density at radius 3 is 2.79 bits per heavy atom. The van der Waals surface area contributed by atoms with Gasteiger partial charge in [0.05, 0.1) is 27.3 Å². The number of fused-ring (bicyclic) bond motifs is 1. The zero-order valence-electron chi connectivity index (χ0n) is 16.7. The van der Waals surface area contributed by atoms with Gasteiger partial charge >= 0.3 is 0 Å². The number of aliphatic imine (C=N–C) groups is 1. The number of hydrogen-bond acceptors (Lipinski definition) is 5. The van der Waals surface area contributed by atoms with Crippen molar-refractivity contribution in [3.63, 3.8) is 0 Å². The molecule has 8 nitrogen and oxygen atoms in total. The standard InChI is InChI=1S/C19H28N6O2.HI/c1-4-20-19(21-12-14-8-9-15(26-2)11-16(14)27-3)22-13-18-24-23-17-7-5-6-10-25(17)18;/h8-9,11H,4-7,10,12-13H2,1-3H3,(H2,20,21,22);1H. The Bertz CT molecular complexity index is 793. The Morgan fingerprint density at radius 2 is 2.04 bits per heavy atom. The summed E-state index contributed by atoms with van der Waals surface area (Å²) in [6.07, 6.45) is 3.39. The maximum absolute atomic E-state index is 5.45. The molecule has 0 radical (unpaired) electrons. The minimum atomic E-state index is 0. The lowest BCUT2D eigenvalue weighted by Gasteiger charge is -2.16. The van der Waals surface area contributed by atoms with Gasteiger partial charge in [0, 0.05) is 31.1 Å². The fourth-order valence-electron chi connectivity index (χ4n) is 3.15. The molecule has 2 N–H and O–H groups in total. The average Bonchev–Trinajstić information content (AvgIpc) is 3.13. The number of benzene rings is 1. The van der Waals surface area contributed by atoms with Gasteiger partial charge in [-0.3, -0.25) is 0 Å². The molecule has 0 spiro atoms. The van der Waals surface area contributed by atoms with Gasteiger partial charge in [0.1, 0.15) is 17.3 Å². The molecule has 0 amide bonds. The van der Waals surface area contributed by atoms with Gasteiger partial charge in [0.2, 0.25) is 0 Å². The van der Waals surface area contributed by atoms with Crippen LogP contribution in [0.3, 0.4) is 0 Å². The Hall–Kier alpha value is -2.04. The zero-order chi connectivity index (χ0) is 19.1. The van der Waals surface area contributed by atoms with E-state index in [0.717, 1.165) is 54.2 Å². The van der Waals surface area contributed by atoms with E-state index in [4.69, 9.17) is 9.47 Å². The molecule has 0 saturated carbocycles. The second-order valence-electron chi connectivity index (χ2n) is 6.37. The SMILES string of the molecule is CCNC(=NCc1ccc(OC)cc1OC)NCc1nnc2n1CCCC2.I. The van der Waals surface area contributed by atoms with E-state index in [2.05, 4.69) is 30.4 Å². The lowest BCUT2D eigenvalue weighted by Crippen LogP contribution is -2.37. The molecule has 0 saturated heterocycles. The van der Waals surface area contributed by atoms with Crippen molar-refractivity contribution in [2.24, 2.45) is 4.99 Å². The quantitative estimate of drug-likeness (QED) is 0.345. The smallest absolute Gasteiger partial charge is 0.191 e. The summed E-state index contributed by atoms with van der Waals surface area (Å²) in [6.45, 7) is 4.92. The maximum atomic E-state index is 5.45. The topological polar surface area (TPSA) is 85.6 Å². The van der Waals surface area contributed by atoms with Gasteiger partial charge in [-0.1, -0.05) is 0 Å². The summed E-state index contributed by atoms with van der Waals surface area (Å²) in [5.74, 6) is 4.31. The van der Waals surface area contributed by atoms with Crippen LogP contribution < -0.4 is 20.1 Å². The van der Waals surface area contributed by atoms with E-state index in [1.165, 1.54) is 12.8 Å².